The Morgan fingerprint density at radius 3 is 2.33 bits per heavy atom. The van der Waals surface area contributed by atoms with Crippen LogP contribution in [0.5, 0.6) is 0 Å². The molecule has 0 aromatic rings. The summed E-state index contributed by atoms with van der Waals surface area (Å²) < 4.78 is 35.9. The van der Waals surface area contributed by atoms with Gasteiger partial charge in [0.25, 0.3) is 0 Å². The third-order valence-electron chi connectivity index (χ3n) is 1.89. The predicted molar refractivity (Wildman–Crippen MR) is 33.6 cm³/mol. The van der Waals surface area contributed by atoms with E-state index < -0.39 is 24.1 Å². The van der Waals surface area contributed by atoms with E-state index in [0.29, 0.717) is 0 Å². The van der Waals surface area contributed by atoms with E-state index in [-0.39, 0.29) is 13.0 Å². The van der Waals surface area contributed by atoms with Gasteiger partial charge in [0, 0.05) is 6.54 Å². The lowest BCUT2D eigenvalue weighted by atomic mass is 10.1. The molecule has 12 heavy (non-hydrogen) atoms. The minimum Gasteiger partial charge on any atom is -0.480 e. The summed E-state index contributed by atoms with van der Waals surface area (Å²) in [6.45, 7) is -0.291. The second kappa shape index (κ2) is 2.93. The molecule has 6 heteroatoms. The molecule has 3 nitrogen and oxygen atoms in total. The zero-order valence-electron chi connectivity index (χ0n) is 6.06. The maximum absolute atomic E-state index is 12.0. The van der Waals surface area contributed by atoms with Crippen molar-refractivity contribution in [3.8, 4) is 0 Å². The molecular weight excluding hydrogens is 175 g/mol. The van der Waals surface area contributed by atoms with E-state index in [4.69, 9.17) is 5.11 Å². The van der Waals surface area contributed by atoms with Gasteiger partial charge in [0.15, 0.2) is 0 Å². The van der Waals surface area contributed by atoms with Crippen LogP contribution >= 0.6 is 0 Å². The molecule has 0 aliphatic carbocycles. The van der Waals surface area contributed by atoms with Crippen LogP contribution in [0.3, 0.4) is 0 Å². The van der Waals surface area contributed by atoms with Gasteiger partial charge in [-0.15, -0.1) is 0 Å². The summed E-state index contributed by atoms with van der Waals surface area (Å²) in [4.78, 5) is 10.2. The molecule has 2 atom stereocenters. The summed E-state index contributed by atoms with van der Waals surface area (Å²) in [5.74, 6) is -2.74. The molecule has 70 valence electrons. The van der Waals surface area contributed by atoms with Crippen LogP contribution in [0.25, 0.3) is 0 Å². The summed E-state index contributed by atoms with van der Waals surface area (Å²) >= 11 is 0. The molecule has 1 rings (SSSR count). The number of rotatable bonds is 1. The van der Waals surface area contributed by atoms with Gasteiger partial charge in [-0.05, 0) is 6.42 Å². The van der Waals surface area contributed by atoms with Crippen molar-refractivity contribution < 1.29 is 23.1 Å². The number of carboxylic acid groups (broad SMARTS) is 1. The lowest BCUT2D eigenvalue weighted by molar-refractivity contribution is -0.169. The minimum absolute atomic E-state index is 0.291. The summed E-state index contributed by atoms with van der Waals surface area (Å²) in [5, 5.41) is 10.7. The Morgan fingerprint density at radius 2 is 2.08 bits per heavy atom. The molecule has 1 heterocycles. The Balaban J connectivity index is 2.51. The van der Waals surface area contributed by atoms with Gasteiger partial charge in [-0.25, -0.2) is 0 Å². The zero-order chi connectivity index (χ0) is 9.35. The largest absolute Gasteiger partial charge is 0.480 e. The summed E-state index contributed by atoms with van der Waals surface area (Å²) in [7, 11) is 0. The summed E-state index contributed by atoms with van der Waals surface area (Å²) in [5.41, 5.74) is 0. The highest BCUT2D eigenvalue weighted by Gasteiger charge is 2.45. The van der Waals surface area contributed by atoms with Crippen LogP contribution in [0.4, 0.5) is 13.2 Å². The van der Waals surface area contributed by atoms with Gasteiger partial charge >= 0.3 is 12.1 Å². The van der Waals surface area contributed by atoms with Crippen LogP contribution in [-0.2, 0) is 4.79 Å². The number of halogens is 3. The first-order valence-electron chi connectivity index (χ1n) is 3.44. The van der Waals surface area contributed by atoms with Crippen molar-refractivity contribution in [3.63, 3.8) is 0 Å². The van der Waals surface area contributed by atoms with Gasteiger partial charge in [-0.3, -0.25) is 4.79 Å². The Hall–Kier alpha value is -0.780. The van der Waals surface area contributed by atoms with E-state index in [9.17, 15) is 18.0 Å². The van der Waals surface area contributed by atoms with Crippen LogP contribution in [-0.4, -0.2) is 29.8 Å². The number of alkyl halides is 3. The normalized spacial score (nSPS) is 30.6. The predicted octanol–water partition coefficient (Wildman–Crippen LogP) is 0.611. The second-order valence-corrected chi connectivity index (χ2v) is 2.77. The smallest absolute Gasteiger partial charge is 0.393 e. The average Bonchev–Trinajstić information content (AvgIpc) is 2.30. The molecule has 2 N–H and O–H groups in total. The van der Waals surface area contributed by atoms with Crippen molar-refractivity contribution in [2.45, 2.75) is 18.6 Å². The van der Waals surface area contributed by atoms with Crippen LogP contribution in [0.2, 0.25) is 0 Å². The molecular formula is C6H8F3NO2. The number of hydrogen-bond donors (Lipinski definition) is 2. The van der Waals surface area contributed by atoms with Gasteiger partial charge in [0.1, 0.15) is 6.04 Å². The fraction of sp³-hybridized carbons (Fsp3) is 0.833. The Bertz CT molecular complexity index is 192. The van der Waals surface area contributed by atoms with Crippen molar-refractivity contribution >= 4 is 5.97 Å². The number of aliphatic carboxylic acids is 1. The highest BCUT2D eigenvalue weighted by atomic mass is 19.4. The molecule has 0 spiro atoms. The van der Waals surface area contributed by atoms with Gasteiger partial charge in [-0.2, -0.15) is 13.2 Å². The topological polar surface area (TPSA) is 49.3 Å². The molecule has 0 aromatic carbocycles. The fourth-order valence-electron chi connectivity index (χ4n) is 1.17. The Kier molecular flexibility index (Phi) is 2.27. The first-order valence-corrected chi connectivity index (χ1v) is 3.44. The van der Waals surface area contributed by atoms with Crippen molar-refractivity contribution in [2.24, 2.45) is 5.92 Å². The van der Waals surface area contributed by atoms with Crippen molar-refractivity contribution in [1.82, 2.24) is 5.32 Å². The SMILES string of the molecule is O=C(O)C1CC(C(F)(F)F)CN1. The molecule has 0 saturated carbocycles. The highest BCUT2D eigenvalue weighted by Crippen LogP contribution is 2.32. The molecule has 0 bridgehead atoms. The van der Waals surface area contributed by atoms with Crippen LogP contribution in [0.1, 0.15) is 6.42 Å². The first-order chi connectivity index (χ1) is 5.41. The Labute approximate surface area is 66.6 Å². The number of carboxylic acids is 1. The number of carbonyl (C=O) groups is 1. The standard InChI is InChI=1S/C6H8F3NO2/c7-6(8,9)3-1-4(5(11)12)10-2-3/h3-4,10H,1-2H2,(H,11,12). The van der Waals surface area contributed by atoms with Crippen molar-refractivity contribution in [3.05, 3.63) is 0 Å². The Morgan fingerprint density at radius 1 is 1.50 bits per heavy atom. The third-order valence-corrected chi connectivity index (χ3v) is 1.89. The average molecular weight is 183 g/mol. The zero-order valence-corrected chi connectivity index (χ0v) is 6.06. The van der Waals surface area contributed by atoms with Gasteiger partial charge in [0.2, 0.25) is 0 Å². The van der Waals surface area contributed by atoms with E-state index >= 15 is 0 Å². The lowest BCUT2D eigenvalue weighted by Gasteiger charge is -2.12. The first kappa shape index (κ1) is 9.31. The molecule has 1 fully saturated rings. The van der Waals surface area contributed by atoms with Gasteiger partial charge < -0.3 is 10.4 Å². The van der Waals surface area contributed by atoms with E-state index in [1.54, 1.807) is 0 Å². The lowest BCUT2D eigenvalue weighted by Crippen LogP contribution is -2.30. The monoisotopic (exact) mass is 183 g/mol. The summed E-state index contributed by atoms with van der Waals surface area (Å²) in [6, 6.07) is -1.04. The van der Waals surface area contributed by atoms with Crippen LogP contribution < -0.4 is 5.32 Å². The molecule has 0 radical (unpaired) electrons. The maximum atomic E-state index is 12.0. The maximum Gasteiger partial charge on any atom is 0.393 e. The van der Waals surface area contributed by atoms with Crippen molar-refractivity contribution in [2.75, 3.05) is 6.54 Å². The second-order valence-electron chi connectivity index (χ2n) is 2.77. The quantitative estimate of drug-likeness (QED) is 0.626. The van der Waals surface area contributed by atoms with Crippen LogP contribution in [0, 0.1) is 5.92 Å². The van der Waals surface area contributed by atoms with E-state index in [2.05, 4.69) is 5.32 Å². The van der Waals surface area contributed by atoms with Crippen molar-refractivity contribution in [1.29, 1.82) is 0 Å². The van der Waals surface area contributed by atoms with Gasteiger partial charge in [0.05, 0.1) is 5.92 Å². The van der Waals surface area contributed by atoms with Crippen LogP contribution in [0.15, 0.2) is 0 Å². The molecule has 1 saturated heterocycles. The van der Waals surface area contributed by atoms with E-state index in [1.165, 1.54) is 0 Å². The molecule has 1 aliphatic rings. The molecule has 0 amide bonds. The summed E-state index contributed by atoms with van der Waals surface area (Å²) in [6.07, 6.45) is -4.64. The van der Waals surface area contributed by atoms with E-state index in [0.717, 1.165) is 0 Å². The molecule has 1 aliphatic heterocycles. The van der Waals surface area contributed by atoms with Gasteiger partial charge in [-0.1, -0.05) is 0 Å². The van der Waals surface area contributed by atoms with E-state index in [1.807, 2.05) is 0 Å². The number of hydrogen-bond acceptors (Lipinski definition) is 2. The highest BCUT2D eigenvalue weighted by molar-refractivity contribution is 5.73. The minimum atomic E-state index is -4.28. The third kappa shape index (κ3) is 1.88. The molecule has 0 aromatic heterocycles. The molecule has 2 unspecified atom stereocenters. The number of nitrogens with one attached hydrogen (secondary N) is 1. The fourth-order valence-corrected chi connectivity index (χ4v) is 1.17.